The van der Waals surface area contributed by atoms with Crippen molar-refractivity contribution in [3.8, 4) is 11.6 Å². The van der Waals surface area contributed by atoms with Crippen molar-refractivity contribution >= 4 is 22.4 Å². The molecule has 5 heteroatoms. The lowest BCUT2D eigenvalue weighted by molar-refractivity contribution is 0.102. The van der Waals surface area contributed by atoms with E-state index in [0.29, 0.717) is 16.6 Å². The lowest BCUT2D eigenvalue weighted by atomic mass is 10.1. The SMILES string of the molecule is COc1ccc(NC(=O)c2cccc3c[nH]c(O)c23)cc1. The van der Waals surface area contributed by atoms with Gasteiger partial charge in [-0.15, -0.1) is 0 Å². The number of carbonyl (C=O) groups excluding carboxylic acids is 1. The quantitative estimate of drug-likeness (QED) is 0.691. The summed E-state index contributed by atoms with van der Waals surface area (Å²) >= 11 is 0. The van der Waals surface area contributed by atoms with Crippen LogP contribution in [0.15, 0.2) is 48.7 Å². The summed E-state index contributed by atoms with van der Waals surface area (Å²) in [6, 6.07) is 12.3. The number of methoxy groups -OCH3 is 1. The van der Waals surface area contributed by atoms with Crippen molar-refractivity contribution in [1.29, 1.82) is 0 Å². The molecular formula is C16H14N2O3. The number of H-pyrrole nitrogens is 1. The number of amides is 1. The van der Waals surface area contributed by atoms with E-state index in [4.69, 9.17) is 4.74 Å². The van der Waals surface area contributed by atoms with Crippen molar-refractivity contribution in [1.82, 2.24) is 4.98 Å². The molecule has 0 aliphatic rings. The van der Waals surface area contributed by atoms with Crippen LogP contribution < -0.4 is 10.1 Å². The van der Waals surface area contributed by atoms with E-state index in [-0.39, 0.29) is 11.8 Å². The molecule has 0 fully saturated rings. The van der Waals surface area contributed by atoms with Crippen LogP contribution in [0.4, 0.5) is 5.69 Å². The zero-order valence-electron chi connectivity index (χ0n) is 11.4. The largest absolute Gasteiger partial charge is 0.497 e. The molecule has 2 aromatic carbocycles. The number of ether oxygens (including phenoxy) is 1. The normalized spacial score (nSPS) is 10.5. The van der Waals surface area contributed by atoms with Crippen LogP contribution in [0.5, 0.6) is 11.6 Å². The highest BCUT2D eigenvalue weighted by atomic mass is 16.5. The molecule has 0 aliphatic carbocycles. The minimum atomic E-state index is -0.277. The summed E-state index contributed by atoms with van der Waals surface area (Å²) in [4.78, 5) is 15.1. The fourth-order valence-electron chi connectivity index (χ4n) is 2.24. The highest BCUT2D eigenvalue weighted by molar-refractivity contribution is 6.14. The van der Waals surface area contributed by atoms with E-state index in [2.05, 4.69) is 10.3 Å². The van der Waals surface area contributed by atoms with E-state index in [0.717, 1.165) is 11.1 Å². The van der Waals surface area contributed by atoms with Gasteiger partial charge in [0.2, 0.25) is 0 Å². The zero-order valence-corrected chi connectivity index (χ0v) is 11.4. The van der Waals surface area contributed by atoms with Gasteiger partial charge in [-0.25, -0.2) is 0 Å². The molecule has 3 rings (SSSR count). The van der Waals surface area contributed by atoms with Gasteiger partial charge < -0.3 is 20.1 Å². The predicted octanol–water partition coefficient (Wildman–Crippen LogP) is 3.13. The number of nitrogens with one attached hydrogen (secondary N) is 2. The Morgan fingerprint density at radius 1 is 1.19 bits per heavy atom. The van der Waals surface area contributed by atoms with Crippen molar-refractivity contribution in [2.45, 2.75) is 0 Å². The zero-order chi connectivity index (χ0) is 14.8. The maximum Gasteiger partial charge on any atom is 0.256 e. The molecule has 3 N–H and O–H groups in total. The highest BCUT2D eigenvalue weighted by Crippen LogP contribution is 2.28. The van der Waals surface area contributed by atoms with E-state index < -0.39 is 0 Å². The second kappa shape index (κ2) is 5.20. The van der Waals surface area contributed by atoms with Crippen LogP contribution in [-0.2, 0) is 0 Å². The van der Waals surface area contributed by atoms with E-state index in [1.54, 1.807) is 49.7 Å². The Morgan fingerprint density at radius 3 is 2.67 bits per heavy atom. The van der Waals surface area contributed by atoms with Crippen LogP contribution in [0.1, 0.15) is 10.4 Å². The van der Waals surface area contributed by atoms with Gasteiger partial charge in [-0.2, -0.15) is 0 Å². The molecule has 0 unspecified atom stereocenters. The van der Waals surface area contributed by atoms with Gasteiger partial charge in [-0.05, 0) is 30.3 Å². The van der Waals surface area contributed by atoms with Crippen LogP contribution in [0.3, 0.4) is 0 Å². The first kappa shape index (κ1) is 13.1. The average molecular weight is 282 g/mol. The van der Waals surface area contributed by atoms with Gasteiger partial charge in [-0.1, -0.05) is 12.1 Å². The summed E-state index contributed by atoms with van der Waals surface area (Å²) in [6.07, 6.45) is 1.66. The van der Waals surface area contributed by atoms with Crippen molar-refractivity contribution < 1.29 is 14.6 Å². The Labute approximate surface area is 121 Å². The lowest BCUT2D eigenvalue weighted by Crippen LogP contribution is -2.12. The Morgan fingerprint density at radius 2 is 1.95 bits per heavy atom. The lowest BCUT2D eigenvalue weighted by Gasteiger charge is -2.07. The number of anilines is 1. The smallest absolute Gasteiger partial charge is 0.256 e. The molecular weight excluding hydrogens is 268 g/mol. The van der Waals surface area contributed by atoms with Crippen LogP contribution in [0.2, 0.25) is 0 Å². The second-order valence-electron chi connectivity index (χ2n) is 4.59. The van der Waals surface area contributed by atoms with Crippen molar-refractivity contribution in [2.75, 3.05) is 12.4 Å². The van der Waals surface area contributed by atoms with Gasteiger partial charge in [0.15, 0.2) is 5.88 Å². The number of fused-ring (bicyclic) bond motifs is 1. The van der Waals surface area contributed by atoms with Gasteiger partial charge in [0.1, 0.15) is 5.75 Å². The van der Waals surface area contributed by atoms with Gasteiger partial charge in [0.05, 0.1) is 18.1 Å². The van der Waals surface area contributed by atoms with Gasteiger partial charge >= 0.3 is 0 Å². The number of aromatic hydroxyl groups is 1. The molecule has 21 heavy (non-hydrogen) atoms. The Balaban J connectivity index is 1.91. The molecule has 0 radical (unpaired) electrons. The maximum absolute atomic E-state index is 12.4. The summed E-state index contributed by atoms with van der Waals surface area (Å²) < 4.78 is 5.07. The van der Waals surface area contributed by atoms with E-state index in [1.165, 1.54) is 0 Å². The van der Waals surface area contributed by atoms with Crippen molar-refractivity contribution in [3.05, 3.63) is 54.2 Å². The third-order valence-electron chi connectivity index (χ3n) is 3.29. The van der Waals surface area contributed by atoms with E-state index in [9.17, 15) is 9.90 Å². The molecule has 1 amide bonds. The summed E-state index contributed by atoms with van der Waals surface area (Å²) in [6.45, 7) is 0. The van der Waals surface area contributed by atoms with Crippen molar-refractivity contribution in [3.63, 3.8) is 0 Å². The summed E-state index contributed by atoms with van der Waals surface area (Å²) in [7, 11) is 1.59. The highest BCUT2D eigenvalue weighted by Gasteiger charge is 2.14. The number of rotatable bonds is 3. The first-order chi connectivity index (χ1) is 10.2. The fourth-order valence-corrected chi connectivity index (χ4v) is 2.24. The molecule has 1 heterocycles. The molecule has 0 atom stereocenters. The second-order valence-corrected chi connectivity index (χ2v) is 4.59. The van der Waals surface area contributed by atoms with Crippen molar-refractivity contribution in [2.24, 2.45) is 0 Å². The molecule has 0 bridgehead atoms. The number of aromatic nitrogens is 1. The molecule has 0 saturated heterocycles. The first-order valence-corrected chi connectivity index (χ1v) is 6.43. The van der Waals surface area contributed by atoms with Gasteiger partial charge in [0.25, 0.3) is 5.91 Å². The van der Waals surface area contributed by atoms with Crippen LogP contribution in [-0.4, -0.2) is 23.1 Å². The molecule has 3 aromatic rings. The van der Waals surface area contributed by atoms with Crippen LogP contribution >= 0.6 is 0 Å². The molecule has 0 aliphatic heterocycles. The third-order valence-corrected chi connectivity index (χ3v) is 3.29. The molecule has 0 saturated carbocycles. The monoisotopic (exact) mass is 282 g/mol. The summed E-state index contributed by atoms with van der Waals surface area (Å²) in [5, 5.41) is 13.9. The molecule has 0 spiro atoms. The number of benzene rings is 2. The Kier molecular flexibility index (Phi) is 3.23. The molecule has 5 nitrogen and oxygen atoms in total. The van der Waals surface area contributed by atoms with E-state index in [1.807, 2.05) is 6.07 Å². The standard InChI is InChI=1S/C16H14N2O3/c1-21-12-7-5-11(6-8-12)18-15(19)13-4-2-3-10-9-17-16(20)14(10)13/h2-9,17,20H,1H3,(H,18,19). The topological polar surface area (TPSA) is 74.3 Å². The number of hydrogen-bond donors (Lipinski definition) is 3. The fraction of sp³-hybridized carbons (Fsp3) is 0.0625. The molecule has 1 aromatic heterocycles. The van der Waals surface area contributed by atoms with Gasteiger partial charge in [-0.3, -0.25) is 4.79 Å². The Bertz CT molecular complexity index is 791. The van der Waals surface area contributed by atoms with Gasteiger partial charge in [0, 0.05) is 17.3 Å². The number of hydrogen-bond acceptors (Lipinski definition) is 3. The average Bonchev–Trinajstić information content (AvgIpc) is 2.90. The van der Waals surface area contributed by atoms with Crippen LogP contribution in [0, 0.1) is 0 Å². The summed E-state index contributed by atoms with van der Waals surface area (Å²) in [5.41, 5.74) is 1.08. The van der Waals surface area contributed by atoms with Crippen LogP contribution in [0.25, 0.3) is 10.8 Å². The maximum atomic E-state index is 12.4. The third kappa shape index (κ3) is 2.41. The Hall–Kier alpha value is -2.95. The minimum absolute atomic E-state index is 0.00881. The summed E-state index contributed by atoms with van der Waals surface area (Å²) in [5.74, 6) is 0.435. The first-order valence-electron chi connectivity index (χ1n) is 6.43. The minimum Gasteiger partial charge on any atom is -0.497 e. The number of carbonyl (C=O) groups is 1. The molecule has 106 valence electrons. The predicted molar refractivity (Wildman–Crippen MR) is 80.9 cm³/mol. The number of aromatic amines is 1. The van der Waals surface area contributed by atoms with E-state index >= 15 is 0 Å².